The second-order valence-corrected chi connectivity index (χ2v) is 12.0. The first-order chi connectivity index (χ1) is 11.2. The highest BCUT2D eigenvalue weighted by molar-refractivity contribution is 8.44. The average molecular weight is 374 g/mol. The van der Waals surface area contributed by atoms with Crippen molar-refractivity contribution in [3.63, 3.8) is 0 Å². The number of aliphatic imine (C=N–C) groups is 1. The number of piperidine rings is 1. The summed E-state index contributed by atoms with van der Waals surface area (Å²) in [6.07, 6.45) is 2.71. The Labute approximate surface area is 149 Å². The maximum atomic E-state index is 12.8. The van der Waals surface area contributed by atoms with Crippen molar-refractivity contribution in [3.8, 4) is 0 Å². The van der Waals surface area contributed by atoms with E-state index in [9.17, 15) is 14.5 Å². The standard InChI is InChI=1S/C16H27N3O3S2/c1-10-18-11-9-16(5-7-17-8-6-16)13(12(11)23(10)14(20)21)19-24(22)15(2,3)4/h13,17,19,23H,5-9H2,1-4H3,(H,20,21)/t13-,24-/m1/s1. The van der Waals surface area contributed by atoms with Crippen molar-refractivity contribution in [1.29, 1.82) is 0 Å². The van der Waals surface area contributed by atoms with Crippen LogP contribution in [0.5, 0.6) is 0 Å². The van der Waals surface area contributed by atoms with E-state index in [-0.39, 0.29) is 11.5 Å². The van der Waals surface area contributed by atoms with Crippen molar-refractivity contribution in [1.82, 2.24) is 10.0 Å². The SMILES string of the molecule is CC1=NC2=C([C@@H](N[S@+]([O-])C(C)(C)C)C3(CCNCC3)C2)[SH]1C(=O)O. The molecule has 1 spiro atoms. The Morgan fingerprint density at radius 3 is 2.62 bits per heavy atom. The fourth-order valence-electron chi connectivity index (χ4n) is 3.85. The van der Waals surface area contributed by atoms with Gasteiger partial charge in [0.2, 0.25) is 0 Å². The number of carbonyl (C=O) groups is 1. The van der Waals surface area contributed by atoms with Crippen LogP contribution < -0.4 is 10.0 Å². The minimum atomic E-state index is -1.43. The van der Waals surface area contributed by atoms with E-state index >= 15 is 0 Å². The minimum Gasteiger partial charge on any atom is -0.598 e. The quantitative estimate of drug-likeness (QED) is 0.440. The van der Waals surface area contributed by atoms with Gasteiger partial charge < -0.3 is 15.0 Å². The van der Waals surface area contributed by atoms with Crippen molar-refractivity contribution < 1.29 is 14.5 Å². The fraction of sp³-hybridized carbons (Fsp3) is 0.750. The maximum Gasteiger partial charge on any atom is 0.353 e. The summed E-state index contributed by atoms with van der Waals surface area (Å²) in [5, 5.41) is 13.0. The number of thiol groups is 1. The van der Waals surface area contributed by atoms with Gasteiger partial charge in [0.05, 0.1) is 16.8 Å². The fourth-order valence-corrected chi connectivity index (χ4v) is 6.91. The van der Waals surface area contributed by atoms with E-state index in [1.54, 1.807) is 0 Å². The molecule has 3 atom stereocenters. The third kappa shape index (κ3) is 3.03. The maximum absolute atomic E-state index is 12.8. The van der Waals surface area contributed by atoms with E-state index in [2.05, 4.69) is 15.0 Å². The second kappa shape index (κ2) is 6.32. The number of carboxylic acid groups (broad SMARTS) is 1. The Kier molecular flexibility index (Phi) is 4.81. The van der Waals surface area contributed by atoms with E-state index < -0.39 is 32.3 Å². The summed E-state index contributed by atoms with van der Waals surface area (Å²) in [5.74, 6) is 0. The summed E-state index contributed by atoms with van der Waals surface area (Å²) in [7, 11) is -1.43. The van der Waals surface area contributed by atoms with Gasteiger partial charge in [-0.25, -0.2) is 4.79 Å². The van der Waals surface area contributed by atoms with Crippen LogP contribution in [0.25, 0.3) is 0 Å². The number of rotatable bonds is 2. The van der Waals surface area contributed by atoms with E-state index in [0.717, 1.165) is 43.0 Å². The van der Waals surface area contributed by atoms with Gasteiger partial charge in [0, 0.05) is 21.7 Å². The number of hydrogen-bond acceptors (Lipinski definition) is 5. The lowest BCUT2D eigenvalue weighted by Crippen LogP contribution is -2.54. The molecule has 1 fully saturated rings. The summed E-state index contributed by atoms with van der Waals surface area (Å²) in [5.41, 5.74) is 0.878. The van der Waals surface area contributed by atoms with Crippen LogP contribution in [-0.2, 0) is 11.4 Å². The zero-order chi connectivity index (χ0) is 17.7. The Balaban J connectivity index is 1.96. The molecule has 2 heterocycles. The first-order valence-electron chi connectivity index (χ1n) is 8.36. The molecule has 6 nitrogen and oxygen atoms in total. The third-order valence-corrected chi connectivity index (χ3v) is 8.82. The summed E-state index contributed by atoms with van der Waals surface area (Å²) in [6, 6.07) is -0.155. The average Bonchev–Trinajstić information content (AvgIpc) is 2.92. The van der Waals surface area contributed by atoms with Gasteiger partial charge in [-0.2, -0.15) is 0 Å². The molecule has 1 unspecified atom stereocenters. The van der Waals surface area contributed by atoms with Crippen molar-refractivity contribution in [2.75, 3.05) is 13.1 Å². The van der Waals surface area contributed by atoms with Gasteiger partial charge in [0.25, 0.3) is 0 Å². The first-order valence-corrected chi connectivity index (χ1v) is 10.8. The molecule has 0 radical (unpaired) electrons. The van der Waals surface area contributed by atoms with Crippen LogP contribution in [0.3, 0.4) is 0 Å². The molecular weight excluding hydrogens is 346 g/mol. The summed E-state index contributed by atoms with van der Waals surface area (Å²) >= 11 is -1.24. The molecule has 0 amide bonds. The van der Waals surface area contributed by atoms with Crippen LogP contribution in [0, 0.1) is 5.41 Å². The molecule has 0 aromatic heterocycles. The zero-order valence-corrected chi connectivity index (χ0v) is 16.4. The van der Waals surface area contributed by atoms with Crippen molar-refractivity contribution >= 4 is 32.6 Å². The van der Waals surface area contributed by atoms with Crippen molar-refractivity contribution in [3.05, 3.63) is 10.6 Å². The molecular formula is C16H27N3O3S2. The molecule has 0 aromatic carbocycles. The van der Waals surface area contributed by atoms with E-state index in [0.29, 0.717) is 5.04 Å². The molecule has 0 bridgehead atoms. The molecule has 1 aliphatic carbocycles. The van der Waals surface area contributed by atoms with E-state index in [1.165, 1.54) is 0 Å². The monoisotopic (exact) mass is 373 g/mol. The molecule has 3 rings (SSSR count). The van der Waals surface area contributed by atoms with Gasteiger partial charge in [-0.1, -0.05) is 10.9 Å². The predicted octanol–water partition coefficient (Wildman–Crippen LogP) is 2.50. The van der Waals surface area contributed by atoms with Crippen LogP contribution in [0.4, 0.5) is 4.79 Å². The lowest BCUT2D eigenvalue weighted by atomic mass is 9.74. The minimum absolute atomic E-state index is 0.0585. The molecule has 0 saturated carbocycles. The zero-order valence-electron chi connectivity index (χ0n) is 14.7. The summed E-state index contributed by atoms with van der Waals surface area (Å²) in [6.45, 7) is 9.44. The Bertz CT molecular complexity index is 606. The van der Waals surface area contributed by atoms with Crippen molar-refractivity contribution in [2.45, 2.75) is 57.7 Å². The highest BCUT2D eigenvalue weighted by atomic mass is 32.2. The molecule has 8 heteroatoms. The summed E-state index contributed by atoms with van der Waals surface area (Å²) in [4.78, 5) is 17.4. The lowest BCUT2D eigenvalue weighted by molar-refractivity contribution is 0.181. The van der Waals surface area contributed by atoms with Gasteiger partial charge in [-0.3, -0.25) is 4.99 Å². The van der Waals surface area contributed by atoms with Gasteiger partial charge in [0.15, 0.2) is 0 Å². The van der Waals surface area contributed by atoms with Gasteiger partial charge >= 0.3 is 5.30 Å². The number of nitrogens with one attached hydrogen (secondary N) is 2. The second-order valence-electron chi connectivity index (χ2n) is 7.83. The van der Waals surface area contributed by atoms with Gasteiger partial charge in [-0.15, -0.1) is 4.72 Å². The van der Waals surface area contributed by atoms with Crippen LogP contribution in [0.15, 0.2) is 15.6 Å². The number of nitrogens with zero attached hydrogens (tertiary/aromatic N) is 1. The molecule has 24 heavy (non-hydrogen) atoms. The molecule has 136 valence electrons. The molecule has 2 aliphatic heterocycles. The van der Waals surface area contributed by atoms with Crippen LogP contribution in [0.2, 0.25) is 0 Å². The first kappa shape index (κ1) is 18.3. The van der Waals surface area contributed by atoms with Gasteiger partial charge in [-0.05, 0) is 60.0 Å². The van der Waals surface area contributed by atoms with Crippen LogP contribution in [-0.4, -0.2) is 43.9 Å². The highest BCUT2D eigenvalue weighted by Crippen LogP contribution is 2.60. The molecule has 3 N–H and O–H groups in total. The Morgan fingerprint density at radius 1 is 1.46 bits per heavy atom. The van der Waals surface area contributed by atoms with Crippen LogP contribution >= 0.6 is 10.9 Å². The topological polar surface area (TPSA) is 96.8 Å². The molecule has 1 saturated heterocycles. The molecule has 3 aliphatic rings. The third-order valence-electron chi connectivity index (χ3n) is 5.13. The lowest BCUT2D eigenvalue weighted by Gasteiger charge is -2.42. The highest BCUT2D eigenvalue weighted by Gasteiger charge is 2.55. The number of allylic oxidation sites excluding steroid dienone is 1. The Morgan fingerprint density at radius 2 is 2.08 bits per heavy atom. The Hall–Kier alpha value is -0.540. The van der Waals surface area contributed by atoms with E-state index in [4.69, 9.17) is 0 Å². The predicted molar refractivity (Wildman–Crippen MR) is 101 cm³/mol. The summed E-state index contributed by atoms with van der Waals surface area (Å²) < 4.78 is 15.7. The largest absolute Gasteiger partial charge is 0.598 e. The smallest absolute Gasteiger partial charge is 0.353 e. The van der Waals surface area contributed by atoms with E-state index in [1.807, 2.05) is 27.7 Å². The van der Waals surface area contributed by atoms with Crippen LogP contribution in [0.1, 0.15) is 47.0 Å². The normalized spacial score (nSPS) is 32.0. The van der Waals surface area contributed by atoms with Crippen molar-refractivity contribution in [2.24, 2.45) is 10.4 Å². The number of hydrogen-bond donors (Lipinski definition) is 4. The molecule has 0 aromatic rings. The van der Waals surface area contributed by atoms with Gasteiger partial charge in [0.1, 0.15) is 4.75 Å².